The molecule has 3 aromatic rings. The highest BCUT2D eigenvalue weighted by atomic mass is 19.1. The van der Waals surface area contributed by atoms with Crippen molar-refractivity contribution < 1.29 is 13.9 Å². The molecule has 3 rings (SSSR count). The number of nitrogens with one attached hydrogen (secondary N) is 1. The molecule has 0 amide bonds. The zero-order valence-corrected chi connectivity index (χ0v) is 16.5. The standard InChI is InChI=1S/C23H24FN3O2/c1-3-9-29-22-11-17(24)6-7-19(22)23-20(12-18(14-27-23)28-4-2)15-5-8-21(26)16(10-15)13-25/h5-8,10-14,25H,3-4,9,26H2,1-2H3. The van der Waals surface area contributed by atoms with E-state index < -0.39 is 0 Å². The molecule has 0 unspecified atom stereocenters. The summed E-state index contributed by atoms with van der Waals surface area (Å²) in [5.41, 5.74) is 10.0. The summed E-state index contributed by atoms with van der Waals surface area (Å²) in [6.07, 6.45) is 3.66. The highest BCUT2D eigenvalue weighted by Crippen LogP contribution is 2.38. The third-order valence-electron chi connectivity index (χ3n) is 4.39. The van der Waals surface area contributed by atoms with Crippen molar-refractivity contribution in [3.63, 3.8) is 0 Å². The van der Waals surface area contributed by atoms with Gasteiger partial charge in [0.25, 0.3) is 0 Å². The zero-order valence-electron chi connectivity index (χ0n) is 16.5. The summed E-state index contributed by atoms with van der Waals surface area (Å²) in [4.78, 5) is 4.60. The Hall–Kier alpha value is -3.41. The first-order chi connectivity index (χ1) is 14.1. The molecule has 0 radical (unpaired) electrons. The van der Waals surface area contributed by atoms with Crippen LogP contribution in [0.15, 0.2) is 48.7 Å². The average Bonchev–Trinajstić information content (AvgIpc) is 2.73. The molecule has 0 saturated heterocycles. The van der Waals surface area contributed by atoms with Gasteiger partial charge in [0.1, 0.15) is 17.3 Å². The van der Waals surface area contributed by atoms with Crippen molar-refractivity contribution in [1.29, 1.82) is 5.41 Å². The molecule has 1 aromatic heterocycles. The molecule has 0 fully saturated rings. The Kier molecular flexibility index (Phi) is 6.44. The monoisotopic (exact) mass is 393 g/mol. The van der Waals surface area contributed by atoms with Crippen molar-refractivity contribution in [2.75, 3.05) is 18.9 Å². The summed E-state index contributed by atoms with van der Waals surface area (Å²) < 4.78 is 25.3. The van der Waals surface area contributed by atoms with E-state index in [0.717, 1.165) is 17.5 Å². The number of anilines is 1. The molecule has 0 aliphatic heterocycles. The molecule has 0 saturated carbocycles. The lowest BCUT2D eigenvalue weighted by Crippen LogP contribution is -2.01. The van der Waals surface area contributed by atoms with E-state index in [1.165, 1.54) is 18.3 Å². The first-order valence-electron chi connectivity index (χ1n) is 9.53. The fourth-order valence-corrected chi connectivity index (χ4v) is 3.02. The van der Waals surface area contributed by atoms with E-state index in [9.17, 15) is 4.39 Å². The number of halogens is 1. The third kappa shape index (κ3) is 4.54. The molecule has 3 N–H and O–H groups in total. The second kappa shape index (κ2) is 9.19. The van der Waals surface area contributed by atoms with Crippen LogP contribution in [-0.4, -0.2) is 24.4 Å². The van der Waals surface area contributed by atoms with E-state index in [-0.39, 0.29) is 5.82 Å². The lowest BCUT2D eigenvalue weighted by atomic mass is 9.96. The molecule has 0 aliphatic rings. The summed E-state index contributed by atoms with van der Waals surface area (Å²) in [5, 5.41) is 7.60. The van der Waals surface area contributed by atoms with Crippen LogP contribution in [0, 0.1) is 11.2 Å². The second-order valence-corrected chi connectivity index (χ2v) is 6.48. The maximum Gasteiger partial charge on any atom is 0.138 e. The van der Waals surface area contributed by atoms with Crippen LogP contribution in [0.4, 0.5) is 10.1 Å². The highest BCUT2D eigenvalue weighted by molar-refractivity contribution is 5.90. The van der Waals surface area contributed by atoms with Crippen molar-refractivity contribution in [3.8, 4) is 33.9 Å². The molecule has 29 heavy (non-hydrogen) atoms. The number of nitrogens with two attached hydrogens (primary N) is 1. The Balaban J connectivity index is 2.21. The van der Waals surface area contributed by atoms with Gasteiger partial charge in [-0.05, 0) is 49.2 Å². The number of aromatic nitrogens is 1. The Bertz CT molecular complexity index is 1020. The first kappa shape index (κ1) is 20.3. The van der Waals surface area contributed by atoms with Crippen molar-refractivity contribution in [1.82, 2.24) is 4.98 Å². The lowest BCUT2D eigenvalue weighted by Gasteiger charge is -2.16. The number of nitrogens with zero attached hydrogens (tertiary/aromatic N) is 1. The molecule has 0 aliphatic carbocycles. The Morgan fingerprint density at radius 1 is 1.07 bits per heavy atom. The summed E-state index contributed by atoms with van der Waals surface area (Å²) in [7, 11) is 0. The number of rotatable bonds is 8. The number of benzene rings is 2. The van der Waals surface area contributed by atoms with Crippen LogP contribution in [0.1, 0.15) is 25.8 Å². The van der Waals surface area contributed by atoms with Gasteiger partial charge in [-0.1, -0.05) is 13.0 Å². The Morgan fingerprint density at radius 3 is 2.62 bits per heavy atom. The van der Waals surface area contributed by atoms with Gasteiger partial charge in [0.15, 0.2) is 0 Å². The van der Waals surface area contributed by atoms with Crippen LogP contribution < -0.4 is 15.2 Å². The van der Waals surface area contributed by atoms with Gasteiger partial charge in [-0.15, -0.1) is 0 Å². The summed E-state index contributed by atoms with van der Waals surface area (Å²) in [6, 6.07) is 11.8. The van der Waals surface area contributed by atoms with Crippen molar-refractivity contribution in [2.24, 2.45) is 0 Å². The van der Waals surface area contributed by atoms with E-state index in [1.54, 1.807) is 18.3 Å². The normalized spacial score (nSPS) is 10.6. The predicted molar refractivity (Wildman–Crippen MR) is 114 cm³/mol. The van der Waals surface area contributed by atoms with Crippen LogP contribution >= 0.6 is 0 Å². The molecular formula is C23H24FN3O2. The number of pyridine rings is 1. The SMILES string of the molecule is CCCOc1cc(F)ccc1-c1ncc(OCC)cc1-c1ccc(N)c(C=N)c1. The average molecular weight is 393 g/mol. The molecule has 5 nitrogen and oxygen atoms in total. The molecule has 6 heteroatoms. The lowest BCUT2D eigenvalue weighted by molar-refractivity contribution is 0.317. The van der Waals surface area contributed by atoms with Gasteiger partial charge < -0.3 is 20.6 Å². The van der Waals surface area contributed by atoms with E-state index in [1.807, 2.05) is 32.0 Å². The fourth-order valence-electron chi connectivity index (χ4n) is 3.02. The maximum atomic E-state index is 13.9. The number of ether oxygens (including phenoxy) is 2. The molecule has 1 heterocycles. The fraction of sp³-hybridized carbons (Fsp3) is 0.217. The smallest absolute Gasteiger partial charge is 0.138 e. The van der Waals surface area contributed by atoms with Gasteiger partial charge >= 0.3 is 0 Å². The summed E-state index contributed by atoms with van der Waals surface area (Å²) in [5.74, 6) is 0.691. The summed E-state index contributed by atoms with van der Waals surface area (Å²) in [6.45, 7) is 4.88. The molecule has 150 valence electrons. The largest absolute Gasteiger partial charge is 0.493 e. The molecule has 0 bridgehead atoms. The van der Waals surface area contributed by atoms with Gasteiger partial charge in [0.05, 0.1) is 25.1 Å². The maximum absolute atomic E-state index is 13.9. The molecular weight excluding hydrogens is 369 g/mol. The first-order valence-corrected chi connectivity index (χ1v) is 9.53. The quantitative estimate of drug-likeness (QED) is 0.401. The van der Waals surface area contributed by atoms with Gasteiger partial charge in [0, 0.05) is 34.7 Å². The Morgan fingerprint density at radius 2 is 1.90 bits per heavy atom. The van der Waals surface area contributed by atoms with E-state index in [4.69, 9.17) is 20.6 Å². The molecule has 0 atom stereocenters. The minimum atomic E-state index is -0.370. The van der Waals surface area contributed by atoms with E-state index >= 15 is 0 Å². The van der Waals surface area contributed by atoms with Crippen molar-refractivity contribution in [2.45, 2.75) is 20.3 Å². The second-order valence-electron chi connectivity index (χ2n) is 6.48. The number of nitrogen functional groups attached to an aromatic ring is 1. The van der Waals surface area contributed by atoms with E-state index in [2.05, 4.69) is 4.98 Å². The van der Waals surface area contributed by atoms with Gasteiger partial charge in [-0.25, -0.2) is 4.39 Å². The Labute approximate surface area is 169 Å². The van der Waals surface area contributed by atoms with Gasteiger partial charge in [0.2, 0.25) is 0 Å². The minimum Gasteiger partial charge on any atom is -0.493 e. The van der Waals surface area contributed by atoms with Gasteiger partial charge in [-0.2, -0.15) is 0 Å². The van der Waals surface area contributed by atoms with Crippen LogP contribution in [0.25, 0.3) is 22.4 Å². The topological polar surface area (TPSA) is 81.2 Å². The molecule has 2 aromatic carbocycles. The summed E-state index contributed by atoms with van der Waals surface area (Å²) >= 11 is 0. The zero-order chi connectivity index (χ0) is 20.8. The van der Waals surface area contributed by atoms with Crippen LogP contribution in [-0.2, 0) is 0 Å². The van der Waals surface area contributed by atoms with E-state index in [0.29, 0.717) is 47.2 Å². The van der Waals surface area contributed by atoms with Crippen molar-refractivity contribution >= 4 is 11.9 Å². The third-order valence-corrected chi connectivity index (χ3v) is 4.39. The van der Waals surface area contributed by atoms with Crippen LogP contribution in [0.2, 0.25) is 0 Å². The number of hydrogen-bond acceptors (Lipinski definition) is 5. The molecule has 0 spiro atoms. The van der Waals surface area contributed by atoms with Gasteiger partial charge in [-0.3, -0.25) is 4.98 Å². The predicted octanol–water partition coefficient (Wildman–Crippen LogP) is 5.32. The highest BCUT2D eigenvalue weighted by Gasteiger charge is 2.17. The van der Waals surface area contributed by atoms with Crippen LogP contribution in [0.3, 0.4) is 0 Å². The minimum absolute atomic E-state index is 0.370. The number of hydrogen-bond donors (Lipinski definition) is 2. The van der Waals surface area contributed by atoms with Crippen molar-refractivity contribution in [3.05, 3.63) is 60.0 Å². The van der Waals surface area contributed by atoms with Crippen LogP contribution in [0.5, 0.6) is 11.5 Å².